The number of hydrogen-bond acceptors (Lipinski definition) is 1. The van der Waals surface area contributed by atoms with Crippen molar-refractivity contribution in [1.29, 1.82) is 0 Å². The van der Waals surface area contributed by atoms with E-state index in [1.165, 1.54) is 109 Å². The van der Waals surface area contributed by atoms with Crippen LogP contribution in [0, 0.1) is 11.8 Å². The molecular formula is C27H53N. The van der Waals surface area contributed by atoms with Crippen molar-refractivity contribution >= 4 is 0 Å². The van der Waals surface area contributed by atoms with E-state index in [4.69, 9.17) is 5.73 Å². The molecule has 1 unspecified atom stereocenters. The Bertz CT molecular complexity index is 344. The molecule has 0 radical (unpaired) electrons. The van der Waals surface area contributed by atoms with Crippen molar-refractivity contribution in [3.8, 4) is 0 Å². The topological polar surface area (TPSA) is 26.0 Å². The third kappa shape index (κ3) is 18.8. The highest BCUT2D eigenvalue weighted by molar-refractivity contribution is 4.84. The molecule has 0 aromatic rings. The Morgan fingerprint density at radius 3 is 1.82 bits per heavy atom. The zero-order valence-corrected chi connectivity index (χ0v) is 19.8. The van der Waals surface area contributed by atoms with E-state index in [1.807, 2.05) is 0 Å². The van der Waals surface area contributed by atoms with Gasteiger partial charge < -0.3 is 5.73 Å². The summed E-state index contributed by atoms with van der Waals surface area (Å²) >= 11 is 0. The van der Waals surface area contributed by atoms with Crippen LogP contribution in [0.1, 0.15) is 130 Å². The molecule has 0 saturated carbocycles. The second-order valence-electron chi connectivity index (χ2n) is 8.85. The molecule has 0 aromatic heterocycles. The van der Waals surface area contributed by atoms with Crippen molar-refractivity contribution in [1.82, 2.24) is 0 Å². The molecule has 0 amide bonds. The molecule has 0 aliphatic heterocycles. The Balaban J connectivity index is 3.55. The molecular weight excluding hydrogens is 338 g/mol. The summed E-state index contributed by atoms with van der Waals surface area (Å²) < 4.78 is 0. The van der Waals surface area contributed by atoms with E-state index < -0.39 is 0 Å². The van der Waals surface area contributed by atoms with Gasteiger partial charge in [-0.05, 0) is 63.8 Å². The minimum atomic E-state index is 0.747. The van der Waals surface area contributed by atoms with Crippen LogP contribution in [0.15, 0.2) is 24.3 Å². The lowest BCUT2D eigenvalue weighted by molar-refractivity contribution is 0.306. The summed E-state index contributed by atoms with van der Waals surface area (Å²) in [7, 11) is 0. The zero-order chi connectivity index (χ0) is 20.7. The van der Waals surface area contributed by atoms with Gasteiger partial charge in [0.1, 0.15) is 0 Å². The fourth-order valence-electron chi connectivity index (χ4n) is 4.07. The van der Waals surface area contributed by atoms with Crippen molar-refractivity contribution in [3.63, 3.8) is 0 Å². The predicted molar refractivity (Wildman–Crippen MR) is 130 cm³/mol. The van der Waals surface area contributed by atoms with E-state index in [0.29, 0.717) is 0 Å². The van der Waals surface area contributed by atoms with Crippen molar-refractivity contribution in [3.05, 3.63) is 24.3 Å². The first-order chi connectivity index (χ1) is 13.8. The minimum absolute atomic E-state index is 0.747. The quantitative estimate of drug-likeness (QED) is 0.153. The lowest BCUT2D eigenvalue weighted by atomic mass is 9.85. The molecule has 0 spiro atoms. The summed E-state index contributed by atoms with van der Waals surface area (Å²) in [5, 5.41) is 0. The molecule has 0 fully saturated rings. The summed E-state index contributed by atoms with van der Waals surface area (Å²) in [5.74, 6) is 1.55. The lowest BCUT2D eigenvalue weighted by Gasteiger charge is -2.22. The van der Waals surface area contributed by atoms with E-state index in [2.05, 4.69) is 45.1 Å². The first kappa shape index (κ1) is 27.4. The van der Waals surface area contributed by atoms with Crippen molar-refractivity contribution in [2.75, 3.05) is 6.54 Å². The van der Waals surface area contributed by atoms with Gasteiger partial charge in [0.05, 0.1) is 0 Å². The molecule has 0 saturated heterocycles. The first-order valence-corrected chi connectivity index (χ1v) is 12.7. The standard InChI is InChI=1S/C27H53N/c1-4-6-8-10-12-14-15-16-17-19-21-23-26(3)27(25-28)24-22-20-18-13-11-9-7-5-2/h4,6,14-15,26-27H,5,7-13,16-25,28H2,1-3H3/b6-4-,15-14-/t26?,27-/m1/s1. The van der Waals surface area contributed by atoms with Crippen molar-refractivity contribution in [2.24, 2.45) is 17.6 Å². The highest BCUT2D eigenvalue weighted by Crippen LogP contribution is 2.24. The average molecular weight is 392 g/mol. The SMILES string of the molecule is C/C=C\CCC/C=C\CCCCCC(C)[C@@H](CN)CCCCCCCCCC. The van der Waals surface area contributed by atoms with Crippen molar-refractivity contribution in [2.45, 2.75) is 130 Å². The summed E-state index contributed by atoms with van der Waals surface area (Å²) in [4.78, 5) is 0. The van der Waals surface area contributed by atoms with Gasteiger partial charge in [0, 0.05) is 0 Å². The Morgan fingerprint density at radius 2 is 1.18 bits per heavy atom. The Labute approximate surface area is 178 Å². The smallest absolute Gasteiger partial charge is 0.00463 e. The second kappa shape index (κ2) is 22.7. The maximum absolute atomic E-state index is 6.08. The van der Waals surface area contributed by atoms with Gasteiger partial charge in [0.2, 0.25) is 0 Å². The summed E-state index contributed by atoms with van der Waals surface area (Å²) in [6.45, 7) is 7.71. The van der Waals surface area contributed by atoms with Crippen LogP contribution < -0.4 is 5.73 Å². The van der Waals surface area contributed by atoms with Gasteiger partial charge in [0.15, 0.2) is 0 Å². The molecule has 2 N–H and O–H groups in total. The van der Waals surface area contributed by atoms with Gasteiger partial charge in [-0.15, -0.1) is 0 Å². The molecule has 0 aliphatic carbocycles. The van der Waals surface area contributed by atoms with Crippen LogP contribution in [0.4, 0.5) is 0 Å². The number of hydrogen-bond donors (Lipinski definition) is 1. The predicted octanol–water partition coefficient (Wildman–Crippen LogP) is 8.98. The van der Waals surface area contributed by atoms with Crippen LogP contribution in [-0.4, -0.2) is 6.54 Å². The van der Waals surface area contributed by atoms with E-state index in [-0.39, 0.29) is 0 Å². The molecule has 0 aliphatic rings. The van der Waals surface area contributed by atoms with Crippen LogP contribution in [0.5, 0.6) is 0 Å². The van der Waals surface area contributed by atoms with Crippen LogP contribution in [-0.2, 0) is 0 Å². The summed E-state index contributed by atoms with van der Waals surface area (Å²) in [6.07, 6.45) is 32.3. The molecule has 0 bridgehead atoms. The van der Waals surface area contributed by atoms with Gasteiger partial charge in [0.25, 0.3) is 0 Å². The highest BCUT2D eigenvalue weighted by atomic mass is 14.6. The Morgan fingerprint density at radius 1 is 0.643 bits per heavy atom. The third-order valence-electron chi connectivity index (χ3n) is 6.21. The largest absolute Gasteiger partial charge is 0.330 e. The molecule has 28 heavy (non-hydrogen) atoms. The van der Waals surface area contributed by atoms with Gasteiger partial charge >= 0.3 is 0 Å². The first-order valence-electron chi connectivity index (χ1n) is 12.7. The van der Waals surface area contributed by atoms with Crippen LogP contribution in [0.2, 0.25) is 0 Å². The van der Waals surface area contributed by atoms with Crippen molar-refractivity contribution < 1.29 is 0 Å². The Kier molecular flexibility index (Phi) is 22.3. The maximum Gasteiger partial charge on any atom is -0.00463 e. The fourth-order valence-corrected chi connectivity index (χ4v) is 4.07. The fraction of sp³-hybridized carbons (Fsp3) is 0.852. The molecule has 0 rings (SSSR count). The molecule has 1 heteroatoms. The Hall–Kier alpha value is -0.560. The molecule has 0 aromatic carbocycles. The monoisotopic (exact) mass is 391 g/mol. The van der Waals surface area contributed by atoms with Gasteiger partial charge in [-0.1, -0.05) is 109 Å². The highest BCUT2D eigenvalue weighted by Gasteiger charge is 2.14. The normalized spacial score (nSPS) is 14.3. The second-order valence-corrected chi connectivity index (χ2v) is 8.85. The number of nitrogens with two attached hydrogens (primary N) is 1. The molecule has 1 nitrogen and oxygen atoms in total. The van der Waals surface area contributed by atoms with Gasteiger partial charge in [-0.2, -0.15) is 0 Å². The maximum atomic E-state index is 6.08. The van der Waals surface area contributed by atoms with Crippen LogP contribution in [0.3, 0.4) is 0 Å². The van der Waals surface area contributed by atoms with E-state index in [9.17, 15) is 0 Å². The number of unbranched alkanes of at least 4 members (excludes halogenated alkanes) is 12. The summed E-state index contributed by atoms with van der Waals surface area (Å²) in [5.41, 5.74) is 6.08. The van der Waals surface area contributed by atoms with E-state index in [0.717, 1.165) is 18.4 Å². The van der Waals surface area contributed by atoms with E-state index >= 15 is 0 Å². The molecule has 166 valence electrons. The third-order valence-corrected chi connectivity index (χ3v) is 6.21. The van der Waals surface area contributed by atoms with Crippen LogP contribution in [0.25, 0.3) is 0 Å². The lowest BCUT2D eigenvalue weighted by Crippen LogP contribution is -2.21. The summed E-state index contributed by atoms with van der Waals surface area (Å²) in [6, 6.07) is 0. The zero-order valence-electron chi connectivity index (χ0n) is 19.8. The minimum Gasteiger partial charge on any atom is -0.330 e. The number of rotatable bonds is 21. The van der Waals surface area contributed by atoms with Crippen LogP contribution >= 0.6 is 0 Å². The van der Waals surface area contributed by atoms with Gasteiger partial charge in [-0.3, -0.25) is 0 Å². The molecule has 2 atom stereocenters. The molecule has 0 heterocycles. The number of allylic oxidation sites excluding steroid dienone is 4. The average Bonchev–Trinajstić information content (AvgIpc) is 2.70. The van der Waals surface area contributed by atoms with Gasteiger partial charge in [-0.25, -0.2) is 0 Å². The van der Waals surface area contributed by atoms with E-state index in [1.54, 1.807) is 0 Å².